The molecule has 4 heteroatoms. The lowest BCUT2D eigenvalue weighted by Gasteiger charge is -2.11. The predicted octanol–water partition coefficient (Wildman–Crippen LogP) is 1.38. The quantitative estimate of drug-likeness (QED) is 0.382. The van der Waals surface area contributed by atoms with Gasteiger partial charge in [-0.3, -0.25) is 4.99 Å². The highest BCUT2D eigenvalue weighted by molar-refractivity contribution is 5.79. The molecule has 2 aliphatic carbocycles. The second-order valence-corrected chi connectivity index (χ2v) is 5.20. The summed E-state index contributed by atoms with van der Waals surface area (Å²) >= 11 is 0. The van der Waals surface area contributed by atoms with Gasteiger partial charge >= 0.3 is 0 Å². The third-order valence-electron chi connectivity index (χ3n) is 3.29. The molecule has 98 valence electrons. The van der Waals surface area contributed by atoms with E-state index < -0.39 is 0 Å². The van der Waals surface area contributed by atoms with Gasteiger partial charge in [-0.15, -0.1) is 0 Å². The molecule has 0 aromatic carbocycles. The summed E-state index contributed by atoms with van der Waals surface area (Å²) in [7, 11) is 1.83. The molecule has 0 spiro atoms. The Hall–Kier alpha value is -0.770. The van der Waals surface area contributed by atoms with Crippen LogP contribution in [0.2, 0.25) is 0 Å². The van der Waals surface area contributed by atoms with Crippen molar-refractivity contribution in [2.24, 2.45) is 16.8 Å². The van der Waals surface area contributed by atoms with Crippen LogP contribution in [0.15, 0.2) is 4.99 Å². The van der Waals surface area contributed by atoms with Gasteiger partial charge in [-0.25, -0.2) is 0 Å². The van der Waals surface area contributed by atoms with E-state index in [1.165, 1.54) is 25.7 Å². The molecular formula is C13H25N3O. The average molecular weight is 239 g/mol. The Labute approximate surface area is 104 Å². The molecule has 2 aliphatic rings. The van der Waals surface area contributed by atoms with Gasteiger partial charge in [0.05, 0.1) is 0 Å². The fourth-order valence-electron chi connectivity index (χ4n) is 1.70. The minimum absolute atomic E-state index is 0.864. The summed E-state index contributed by atoms with van der Waals surface area (Å²) in [4.78, 5) is 4.20. The molecule has 0 heterocycles. The third-order valence-corrected chi connectivity index (χ3v) is 3.29. The summed E-state index contributed by atoms with van der Waals surface area (Å²) in [5.41, 5.74) is 0. The van der Waals surface area contributed by atoms with Gasteiger partial charge in [0.15, 0.2) is 5.96 Å². The topological polar surface area (TPSA) is 45.7 Å². The van der Waals surface area contributed by atoms with Gasteiger partial charge in [0.2, 0.25) is 0 Å². The van der Waals surface area contributed by atoms with Gasteiger partial charge in [-0.2, -0.15) is 0 Å². The van der Waals surface area contributed by atoms with Crippen LogP contribution in [0.3, 0.4) is 0 Å². The first-order valence-electron chi connectivity index (χ1n) is 6.90. The van der Waals surface area contributed by atoms with Crippen molar-refractivity contribution in [1.82, 2.24) is 10.6 Å². The van der Waals surface area contributed by atoms with Crippen molar-refractivity contribution in [3.05, 3.63) is 0 Å². The van der Waals surface area contributed by atoms with Gasteiger partial charge in [-0.05, 0) is 43.9 Å². The average Bonchev–Trinajstić information content (AvgIpc) is 3.20. The smallest absolute Gasteiger partial charge is 0.190 e. The highest BCUT2D eigenvalue weighted by Crippen LogP contribution is 2.28. The first-order valence-corrected chi connectivity index (χ1v) is 6.90. The predicted molar refractivity (Wildman–Crippen MR) is 70.2 cm³/mol. The number of hydrogen-bond acceptors (Lipinski definition) is 2. The highest BCUT2D eigenvalue weighted by Gasteiger charge is 2.21. The first-order chi connectivity index (χ1) is 8.38. The van der Waals surface area contributed by atoms with E-state index in [1.54, 1.807) is 0 Å². The van der Waals surface area contributed by atoms with Crippen LogP contribution in [0.4, 0.5) is 0 Å². The molecule has 0 aromatic heterocycles. The molecule has 0 radical (unpaired) electrons. The van der Waals surface area contributed by atoms with Crippen LogP contribution in [0.1, 0.15) is 32.1 Å². The van der Waals surface area contributed by atoms with Crippen LogP contribution in [0.5, 0.6) is 0 Å². The molecule has 2 rings (SSSR count). The van der Waals surface area contributed by atoms with E-state index in [0.29, 0.717) is 0 Å². The van der Waals surface area contributed by atoms with E-state index in [2.05, 4.69) is 15.6 Å². The maximum absolute atomic E-state index is 5.58. The standard InChI is InChI=1S/C13H25N3O/c1-14-13(16-9-11-3-4-11)15-7-2-8-17-10-12-5-6-12/h11-12H,2-10H2,1H3,(H2,14,15,16). The molecule has 4 nitrogen and oxygen atoms in total. The van der Waals surface area contributed by atoms with Crippen molar-refractivity contribution < 1.29 is 4.74 Å². The maximum Gasteiger partial charge on any atom is 0.190 e. The summed E-state index contributed by atoms with van der Waals surface area (Å²) in [5.74, 6) is 2.69. The molecule has 0 unspecified atom stereocenters. The summed E-state index contributed by atoms with van der Waals surface area (Å²) in [6, 6.07) is 0. The van der Waals surface area contributed by atoms with E-state index in [-0.39, 0.29) is 0 Å². The molecule has 0 saturated heterocycles. The largest absolute Gasteiger partial charge is 0.381 e. The Morgan fingerprint density at radius 3 is 2.59 bits per heavy atom. The Morgan fingerprint density at radius 1 is 1.18 bits per heavy atom. The zero-order chi connectivity index (χ0) is 11.9. The molecular weight excluding hydrogens is 214 g/mol. The van der Waals surface area contributed by atoms with Gasteiger partial charge < -0.3 is 15.4 Å². The third kappa shape index (κ3) is 5.91. The Kier molecular flexibility index (Phi) is 5.10. The van der Waals surface area contributed by atoms with E-state index in [1.807, 2.05) is 7.05 Å². The minimum Gasteiger partial charge on any atom is -0.381 e. The van der Waals surface area contributed by atoms with Crippen molar-refractivity contribution in [3.63, 3.8) is 0 Å². The molecule has 2 N–H and O–H groups in total. The number of nitrogens with one attached hydrogen (secondary N) is 2. The van der Waals surface area contributed by atoms with Crippen LogP contribution in [0.25, 0.3) is 0 Å². The molecule has 0 aromatic rings. The summed E-state index contributed by atoms with van der Waals surface area (Å²) in [6.45, 7) is 3.84. The van der Waals surface area contributed by atoms with Crippen molar-refractivity contribution >= 4 is 5.96 Å². The van der Waals surface area contributed by atoms with E-state index in [9.17, 15) is 0 Å². The number of guanidine groups is 1. The second-order valence-electron chi connectivity index (χ2n) is 5.20. The van der Waals surface area contributed by atoms with Crippen LogP contribution in [-0.2, 0) is 4.74 Å². The Balaban J connectivity index is 1.41. The van der Waals surface area contributed by atoms with Crippen LogP contribution >= 0.6 is 0 Å². The molecule has 0 bridgehead atoms. The monoisotopic (exact) mass is 239 g/mol. The molecule has 2 saturated carbocycles. The molecule has 0 aliphatic heterocycles. The SMILES string of the molecule is CN=C(NCCCOCC1CC1)NCC1CC1. The van der Waals surface area contributed by atoms with Crippen molar-refractivity contribution in [1.29, 1.82) is 0 Å². The maximum atomic E-state index is 5.58. The summed E-state index contributed by atoms with van der Waals surface area (Å²) in [6.07, 6.45) is 6.54. The van der Waals surface area contributed by atoms with Crippen molar-refractivity contribution in [3.8, 4) is 0 Å². The highest BCUT2D eigenvalue weighted by atomic mass is 16.5. The lowest BCUT2D eigenvalue weighted by atomic mass is 10.4. The number of ether oxygens (including phenoxy) is 1. The van der Waals surface area contributed by atoms with E-state index >= 15 is 0 Å². The Bertz CT molecular complexity index is 247. The zero-order valence-corrected chi connectivity index (χ0v) is 10.9. The lowest BCUT2D eigenvalue weighted by Crippen LogP contribution is -2.39. The second kappa shape index (κ2) is 6.84. The fraction of sp³-hybridized carbons (Fsp3) is 0.923. The normalized spacial score (nSPS) is 20.4. The fourth-order valence-corrected chi connectivity index (χ4v) is 1.70. The zero-order valence-electron chi connectivity index (χ0n) is 10.9. The molecule has 2 fully saturated rings. The van der Waals surface area contributed by atoms with Crippen LogP contribution in [0, 0.1) is 11.8 Å². The number of nitrogens with zero attached hydrogens (tertiary/aromatic N) is 1. The minimum atomic E-state index is 0.864. The Morgan fingerprint density at radius 2 is 1.94 bits per heavy atom. The summed E-state index contributed by atoms with van der Waals surface area (Å²) < 4.78 is 5.58. The molecule has 0 amide bonds. The van der Waals surface area contributed by atoms with Crippen LogP contribution < -0.4 is 10.6 Å². The summed E-state index contributed by atoms with van der Waals surface area (Å²) in [5, 5.41) is 6.66. The first kappa shape index (κ1) is 12.7. The van der Waals surface area contributed by atoms with Gasteiger partial charge in [0.1, 0.15) is 0 Å². The van der Waals surface area contributed by atoms with E-state index in [0.717, 1.165) is 50.5 Å². The number of hydrogen-bond donors (Lipinski definition) is 2. The van der Waals surface area contributed by atoms with Crippen molar-refractivity contribution in [2.45, 2.75) is 32.1 Å². The van der Waals surface area contributed by atoms with Gasteiger partial charge in [0, 0.05) is 33.4 Å². The van der Waals surface area contributed by atoms with E-state index in [4.69, 9.17) is 4.74 Å². The number of rotatable bonds is 8. The van der Waals surface area contributed by atoms with Crippen LogP contribution in [-0.4, -0.2) is 39.3 Å². The molecule has 0 atom stereocenters. The van der Waals surface area contributed by atoms with Gasteiger partial charge in [-0.1, -0.05) is 0 Å². The van der Waals surface area contributed by atoms with Gasteiger partial charge in [0.25, 0.3) is 0 Å². The lowest BCUT2D eigenvalue weighted by molar-refractivity contribution is 0.123. The molecule has 17 heavy (non-hydrogen) atoms. The number of aliphatic imine (C=N–C) groups is 1. The van der Waals surface area contributed by atoms with Crippen molar-refractivity contribution in [2.75, 3.05) is 33.4 Å².